The zero-order valence-electron chi connectivity index (χ0n) is 15.5. The molecular weight excluding hydrogens is 374 g/mol. The number of hydrogen-bond acceptors (Lipinski definition) is 5. The quantitative estimate of drug-likeness (QED) is 0.470. The number of aliphatic carboxylic acids is 2. The smallest absolute Gasteiger partial charge is 0.335 e. The topological polar surface area (TPSA) is 141 Å². The Morgan fingerprint density at radius 1 is 1.07 bits per heavy atom. The zero-order valence-corrected chi connectivity index (χ0v) is 16.3. The van der Waals surface area contributed by atoms with Gasteiger partial charge in [-0.05, 0) is 42.9 Å². The van der Waals surface area contributed by atoms with Crippen LogP contribution in [0.1, 0.15) is 45.1 Å². The van der Waals surface area contributed by atoms with Crippen LogP contribution in [0.3, 0.4) is 0 Å². The standard InChI is InChI=1S/C15H22ClN.C4H6O6/c1-11(2)10-14(17)15(8-3-9-15)12-4-6-13(16)7-5-12;5-1(3(7)8)2(6)4(9)10/h4-7,11,14H,3,8-10,17H2,1-2H3;1-2,5-6H,(H,7,8)(H,9,10)/t14-;1-,2-/m01/s1. The predicted octanol–water partition coefficient (Wildman–Crippen LogP) is 2.01. The maximum absolute atomic E-state index is 9.77. The molecule has 1 aliphatic rings. The van der Waals surface area contributed by atoms with E-state index in [9.17, 15) is 9.59 Å². The van der Waals surface area contributed by atoms with E-state index >= 15 is 0 Å². The molecule has 1 fully saturated rings. The van der Waals surface area contributed by atoms with Crippen LogP contribution in [0.25, 0.3) is 0 Å². The van der Waals surface area contributed by atoms with Crippen LogP contribution in [0.5, 0.6) is 0 Å². The Kier molecular flexibility index (Phi) is 8.68. The van der Waals surface area contributed by atoms with Gasteiger partial charge in [0, 0.05) is 16.5 Å². The first kappa shape index (κ1) is 23.4. The van der Waals surface area contributed by atoms with Gasteiger partial charge in [-0.1, -0.05) is 44.0 Å². The highest BCUT2D eigenvalue weighted by molar-refractivity contribution is 6.30. The van der Waals surface area contributed by atoms with Gasteiger partial charge in [-0.2, -0.15) is 0 Å². The summed E-state index contributed by atoms with van der Waals surface area (Å²) in [5.74, 6) is -2.88. The van der Waals surface area contributed by atoms with Gasteiger partial charge in [0.15, 0.2) is 12.2 Å². The number of carboxylic acid groups (broad SMARTS) is 2. The number of carbonyl (C=O) groups is 2. The SMILES string of the molecule is CC(C)C[C@H](N)C1(c2ccc(Cl)cc2)CCC1.O=C(O)[C@H](O)[C@@H](O)C(=O)O. The van der Waals surface area contributed by atoms with E-state index in [1.54, 1.807) is 0 Å². The molecule has 0 unspecified atom stereocenters. The van der Waals surface area contributed by atoms with E-state index in [0.29, 0.717) is 5.92 Å². The van der Waals surface area contributed by atoms with Crippen molar-refractivity contribution in [1.82, 2.24) is 0 Å². The summed E-state index contributed by atoms with van der Waals surface area (Å²) in [5.41, 5.74) is 8.05. The van der Waals surface area contributed by atoms with Crippen LogP contribution in [0.2, 0.25) is 5.02 Å². The maximum atomic E-state index is 9.77. The van der Waals surface area contributed by atoms with Gasteiger partial charge in [0.1, 0.15) is 0 Å². The van der Waals surface area contributed by atoms with Crippen LogP contribution < -0.4 is 5.73 Å². The van der Waals surface area contributed by atoms with Crippen molar-refractivity contribution in [1.29, 1.82) is 0 Å². The van der Waals surface area contributed by atoms with E-state index in [4.69, 9.17) is 37.8 Å². The summed E-state index contributed by atoms with van der Waals surface area (Å²) in [4.78, 5) is 19.5. The molecule has 3 atom stereocenters. The lowest BCUT2D eigenvalue weighted by atomic mass is 9.59. The molecule has 1 aliphatic carbocycles. The van der Waals surface area contributed by atoms with E-state index in [1.807, 2.05) is 12.1 Å². The molecule has 0 heterocycles. The van der Waals surface area contributed by atoms with Gasteiger partial charge in [0.25, 0.3) is 0 Å². The van der Waals surface area contributed by atoms with Crippen LogP contribution in [0.4, 0.5) is 0 Å². The second-order valence-electron chi connectivity index (χ2n) is 7.32. The third-order valence-corrected chi connectivity index (χ3v) is 5.16. The third-order valence-electron chi connectivity index (χ3n) is 4.91. The molecule has 152 valence electrons. The van der Waals surface area contributed by atoms with Crippen LogP contribution in [-0.2, 0) is 15.0 Å². The normalized spacial score (nSPS) is 18.5. The highest BCUT2D eigenvalue weighted by atomic mass is 35.5. The van der Waals surface area contributed by atoms with Crippen LogP contribution >= 0.6 is 11.6 Å². The van der Waals surface area contributed by atoms with E-state index in [1.165, 1.54) is 24.8 Å². The molecule has 0 saturated heterocycles. The van der Waals surface area contributed by atoms with Gasteiger partial charge in [0.05, 0.1) is 0 Å². The number of carboxylic acids is 2. The Bertz CT molecular complexity index is 612. The molecule has 0 aromatic heterocycles. The third kappa shape index (κ3) is 6.17. The van der Waals surface area contributed by atoms with Crippen molar-refractivity contribution in [3.05, 3.63) is 34.9 Å². The molecule has 7 nitrogen and oxygen atoms in total. The number of halogens is 1. The fraction of sp³-hybridized carbons (Fsp3) is 0.579. The fourth-order valence-corrected chi connectivity index (χ4v) is 3.34. The summed E-state index contributed by atoms with van der Waals surface area (Å²) < 4.78 is 0. The lowest BCUT2D eigenvalue weighted by Crippen LogP contribution is -2.50. The molecule has 1 saturated carbocycles. The van der Waals surface area contributed by atoms with Crippen LogP contribution in [-0.4, -0.2) is 50.6 Å². The van der Waals surface area contributed by atoms with Crippen LogP contribution in [0.15, 0.2) is 24.3 Å². The maximum Gasteiger partial charge on any atom is 0.335 e. The van der Waals surface area contributed by atoms with Gasteiger partial charge < -0.3 is 26.2 Å². The largest absolute Gasteiger partial charge is 0.479 e. The van der Waals surface area contributed by atoms with Crippen LogP contribution in [0, 0.1) is 5.92 Å². The van der Waals surface area contributed by atoms with E-state index in [2.05, 4.69) is 26.0 Å². The zero-order chi connectivity index (χ0) is 20.8. The highest BCUT2D eigenvalue weighted by Crippen LogP contribution is 2.47. The minimum atomic E-state index is -2.27. The number of aliphatic hydroxyl groups excluding tert-OH is 2. The number of benzene rings is 1. The summed E-state index contributed by atoms with van der Waals surface area (Å²) in [7, 11) is 0. The van der Waals surface area contributed by atoms with Crippen molar-refractivity contribution in [2.24, 2.45) is 11.7 Å². The number of aliphatic hydroxyl groups is 2. The Morgan fingerprint density at radius 3 is 1.81 bits per heavy atom. The number of nitrogens with two attached hydrogens (primary N) is 1. The first-order valence-electron chi connectivity index (χ1n) is 8.84. The van der Waals surface area contributed by atoms with Gasteiger partial charge >= 0.3 is 11.9 Å². The fourth-order valence-electron chi connectivity index (χ4n) is 3.22. The Balaban J connectivity index is 0.000000314. The molecule has 1 aromatic rings. The van der Waals surface area contributed by atoms with Gasteiger partial charge in [-0.15, -0.1) is 0 Å². The molecule has 8 heteroatoms. The molecule has 1 aromatic carbocycles. The minimum Gasteiger partial charge on any atom is -0.479 e. The molecule has 0 radical (unpaired) electrons. The average Bonchev–Trinajstić information content (AvgIpc) is 2.53. The summed E-state index contributed by atoms with van der Waals surface area (Å²) in [6.07, 6.45) is 0.317. The highest BCUT2D eigenvalue weighted by Gasteiger charge is 2.43. The molecule has 0 spiro atoms. The second kappa shape index (κ2) is 10.0. The summed E-state index contributed by atoms with van der Waals surface area (Å²) in [6.45, 7) is 4.49. The number of hydrogen-bond donors (Lipinski definition) is 5. The number of rotatable bonds is 7. The molecule has 27 heavy (non-hydrogen) atoms. The van der Waals surface area contributed by atoms with Crippen molar-refractivity contribution in [2.45, 2.75) is 63.2 Å². The van der Waals surface area contributed by atoms with Gasteiger partial charge in [-0.25, -0.2) is 9.59 Å². The molecule has 0 amide bonds. The van der Waals surface area contributed by atoms with Crippen molar-refractivity contribution in [2.75, 3.05) is 0 Å². The predicted molar refractivity (Wildman–Crippen MR) is 102 cm³/mol. The van der Waals surface area contributed by atoms with Gasteiger partial charge in [0.2, 0.25) is 0 Å². The molecule has 2 rings (SSSR count). The average molecular weight is 402 g/mol. The summed E-state index contributed by atoms with van der Waals surface area (Å²) in [6, 6.07) is 8.55. The van der Waals surface area contributed by atoms with Crippen molar-refractivity contribution in [3.8, 4) is 0 Å². The van der Waals surface area contributed by atoms with Crippen molar-refractivity contribution < 1.29 is 30.0 Å². The van der Waals surface area contributed by atoms with E-state index < -0.39 is 24.1 Å². The van der Waals surface area contributed by atoms with E-state index in [0.717, 1.165) is 11.4 Å². The van der Waals surface area contributed by atoms with Gasteiger partial charge in [-0.3, -0.25) is 0 Å². The summed E-state index contributed by atoms with van der Waals surface area (Å²) >= 11 is 5.96. The monoisotopic (exact) mass is 401 g/mol. The molecule has 0 bridgehead atoms. The Labute approximate surface area is 163 Å². The molecule has 6 N–H and O–H groups in total. The second-order valence-corrected chi connectivity index (χ2v) is 7.76. The van der Waals surface area contributed by atoms with E-state index in [-0.39, 0.29) is 11.5 Å². The lowest BCUT2D eigenvalue weighted by molar-refractivity contribution is -0.165. The molecule has 0 aliphatic heterocycles. The Hall–Kier alpha value is -1.67. The Morgan fingerprint density at radius 2 is 1.52 bits per heavy atom. The van der Waals surface area contributed by atoms with Crippen molar-refractivity contribution >= 4 is 23.5 Å². The first-order valence-corrected chi connectivity index (χ1v) is 9.22. The molecular formula is C19H28ClNO6. The lowest BCUT2D eigenvalue weighted by Gasteiger charge is -2.47. The summed E-state index contributed by atoms with van der Waals surface area (Å²) in [5, 5.41) is 33.3. The first-order chi connectivity index (χ1) is 12.5. The van der Waals surface area contributed by atoms with Crippen molar-refractivity contribution in [3.63, 3.8) is 0 Å². The minimum absolute atomic E-state index is 0.217.